The molecule has 1 heterocycles. The zero-order valence-corrected chi connectivity index (χ0v) is 27.4. The number of ether oxygens (including phenoxy) is 3. The molecule has 1 aliphatic rings. The number of carbonyl (C=O) groups excluding carboxylic acids is 2. The number of guanidine groups is 1. The third-order valence-electron chi connectivity index (χ3n) is 8.22. The SMILES string of the molecule is COc1ccc(/C=C2/C(Cc3ccc(OCc4ccccc4)cc3)N(C)C(=NC(=O)c3ccccc3)N2C(=O)OCc2ccccc2)cc1. The van der Waals surface area contributed by atoms with Crippen molar-refractivity contribution in [3.8, 4) is 11.5 Å². The second-order valence-electron chi connectivity index (χ2n) is 11.5. The van der Waals surface area contributed by atoms with Gasteiger partial charge in [-0.05, 0) is 71.1 Å². The molecular weight excluding hydrogens is 614 g/mol. The van der Waals surface area contributed by atoms with Gasteiger partial charge < -0.3 is 19.1 Å². The molecule has 0 spiro atoms. The van der Waals surface area contributed by atoms with Gasteiger partial charge in [-0.1, -0.05) is 103 Å². The first-order chi connectivity index (χ1) is 24.0. The van der Waals surface area contributed by atoms with E-state index >= 15 is 0 Å². The van der Waals surface area contributed by atoms with Crippen LogP contribution in [0.3, 0.4) is 0 Å². The van der Waals surface area contributed by atoms with Gasteiger partial charge in [-0.2, -0.15) is 4.99 Å². The molecule has 0 saturated carbocycles. The second-order valence-corrected chi connectivity index (χ2v) is 11.5. The smallest absolute Gasteiger partial charge is 0.421 e. The maximum atomic E-state index is 14.0. The van der Waals surface area contributed by atoms with Gasteiger partial charge >= 0.3 is 6.09 Å². The zero-order valence-electron chi connectivity index (χ0n) is 27.4. The van der Waals surface area contributed by atoms with Crippen LogP contribution in [0.1, 0.15) is 32.6 Å². The third kappa shape index (κ3) is 8.23. The highest BCUT2D eigenvalue weighted by molar-refractivity contribution is 6.08. The molecule has 1 unspecified atom stereocenters. The monoisotopic (exact) mass is 651 g/mol. The lowest BCUT2D eigenvalue weighted by atomic mass is 10.0. The van der Waals surface area contributed by atoms with Crippen LogP contribution in [0.5, 0.6) is 11.5 Å². The van der Waals surface area contributed by atoms with Crippen molar-refractivity contribution in [1.82, 2.24) is 9.80 Å². The molecule has 8 nitrogen and oxygen atoms in total. The average Bonchev–Trinajstić information content (AvgIpc) is 3.40. The molecular formula is C41H37N3O5. The van der Waals surface area contributed by atoms with Crippen molar-refractivity contribution in [2.45, 2.75) is 25.7 Å². The summed E-state index contributed by atoms with van der Waals surface area (Å²) in [5.41, 5.74) is 4.82. The van der Waals surface area contributed by atoms with Gasteiger partial charge in [0.05, 0.1) is 18.8 Å². The maximum absolute atomic E-state index is 14.0. The minimum Gasteiger partial charge on any atom is -0.497 e. The number of aliphatic imine (C=N–C) groups is 1. The molecule has 1 aliphatic heterocycles. The molecule has 0 aromatic heterocycles. The summed E-state index contributed by atoms with van der Waals surface area (Å²) >= 11 is 0. The Kier molecular flexibility index (Phi) is 10.5. The highest BCUT2D eigenvalue weighted by Gasteiger charge is 2.43. The lowest BCUT2D eigenvalue weighted by Gasteiger charge is -2.20. The Morgan fingerprint density at radius 2 is 1.27 bits per heavy atom. The minimum absolute atomic E-state index is 0.0602. The molecule has 0 aliphatic carbocycles. The van der Waals surface area contributed by atoms with Crippen molar-refractivity contribution in [3.05, 3.63) is 173 Å². The van der Waals surface area contributed by atoms with Gasteiger partial charge in [0.15, 0.2) is 0 Å². The number of nitrogens with zero attached hydrogens (tertiary/aromatic N) is 3. The predicted molar refractivity (Wildman–Crippen MR) is 190 cm³/mol. The number of benzene rings is 5. The number of carbonyl (C=O) groups is 2. The van der Waals surface area contributed by atoms with Crippen molar-refractivity contribution in [1.29, 1.82) is 0 Å². The van der Waals surface area contributed by atoms with E-state index in [0.29, 0.717) is 30.0 Å². The molecule has 0 radical (unpaired) electrons. The second kappa shape index (κ2) is 15.6. The third-order valence-corrected chi connectivity index (χ3v) is 8.22. The highest BCUT2D eigenvalue weighted by atomic mass is 16.6. The first-order valence-corrected chi connectivity index (χ1v) is 16.0. The summed E-state index contributed by atoms with van der Waals surface area (Å²) in [7, 11) is 3.45. The normalized spacial score (nSPS) is 15.8. The van der Waals surface area contributed by atoms with E-state index in [1.54, 1.807) is 31.4 Å². The van der Waals surface area contributed by atoms with Gasteiger partial charge in [0.25, 0.3) is 5.91 Å². The molecule has 5 aromatic rings. The number of hydrogen-bond donors (Lipinski definition) is 0. The molecule has 246 valence electrons. The standard InChI is InChI=1S/C41H37N3O5/c1-43-37(26-30-20-24-36(25-21-30)48-28-32-12-6-3-7-13-32)38(27-31-18-22-35(47-2)23-19-31)44(41(46)49-29-33-14-8-4-9-15-33)40(43)42-39(45)34-16-10-5-11-17-34/h3-25,27,37H,26,28-29H2,1-2H3/b38-27-,42-40?. The molecule has 1 saturated heterocycles. The van der Waals surface area contributed by atoms with Gasteiger partial charge in [-0.25, -0.2) is 9.69 Å². The van der Waals surface area contributed by atoms with Crippen molar-refractivity contribution in [2.75, 3.05) is 14.2 Å². The lowest BCUT2D eigenvalue weighted by molar-refractivity contribution is 0.0999. The van der Waals surface area contributed by atoms with Crippen LogP contribution in [0.25, 0.3) is 6.08 Å². The summed E-state index contributed by atoms with van der Waals surface area (Å²) in [5, 5.41) is 0. The number of amides is 2. The Labute approximate surface area is 286 Å². The molecule has 0 bridgehead atoms. The van der Waals surface area contributed by atoms with E-state index in [9.17, 15) is 9.59 Å². The van der Waals surface area contributed by atoms with E-state index in [1.807, 2.05) is 133 Å². The van der Waals surface area contributed by atoms with Gasteiger partial charge in [0.1, 0.15) is 24.7 Å². The Bertz CT molecular complexity index is 1910. The number of methoxy groups -OCH3 is 1. The predicted octanol–water partition coefficient (Wildman–Crippen LogP) is 8.01. The van der Waals surface area contributed by atoms with E-state index in [0.717, 1.165) is 28.0 Å². The zero-order chi connectivity index (χ0) is 34.0. The molecule has 6 rings (SSSR count). The van der Waals surface area contributed by atoms with Gasteiger partial charge in [0, 0.05) is 12.6 Å². The Morgan fingerprint density at radius 3 is 1.88 bits per heavy atom. The van der Waals surface area contributed by atoms with Gasteiger partial charge in [-0.3, -0.25) is 4.79 Å². The van der Waals surface area contributed by atoms with Crippen molar-refractivity contribution in [3.63, 3.8) is 0 Å². The molecule has 0 N–H and O–H groups in total. The minimum atomic E-state index is -0.637. The fourth-order valence-electron chi connectivity index (χ4n) is 5.55. The highest BCUT2D eigenvalue weighted by Crippen LogP contribution is 2.32. The van der Waals surface area contributed by atoms with E-state index < -0.39 is 12.0 Å². The quantitative estimate of drug-likeness (QED) is 0.152. The van der Waals surface area contributed by atoms with E-state index in [4.69, 9.17) is 14.2 Å². The Hall–Kier alpha value is -6.15. The summed E-state index contributed by atoms with van der Waals surface area (Å²) in [6.45, 7) is 0.528. The van der Waals surface area contributed by atoms with Crippen LogP contribution in [-0.4, -0.2) is 48.0 Å². The van der Waals surface area contributed by atoms with Crippen LogP contribution in [0, 0.1) is 0 Å². The van der Waals surface area contributed by atoms with Crippen LogP contribution >= 0.6 is 0 Å². The van der Waals surface area contributed by atoms with Crippen molar-refractivity contribution in [2.24, 2.45) is 4.99 Å². The molecule has 5 aromatic carbocycles. The van der Waals surface area contributed by atoms with E-state index in [-0.39, 0.29) is 18.6 Å². The molecule has 1 atom stereocenters. The van der Waals surface area contributed by atoms with Crippen LogP contribution in [0.15, 0.2) is 150 Å². The number of hydrogen-bond acceptors (Lipinski definition) is 5. The van der Waals surface area contributed by atoms with E-state index in [1.165, 1.54) is 4.90 Å². The topological polar surface area (TPSA) is 80.7 Å². The van der Waals surface area contributed by atoms with Gasteiger partial charge in [0.2, 0.25) is 5.96 Å². The summed E-state index contributed by atoms with van der Waals surface area (Å²) < 4.78 is 17.2. The number of rotatable bonds is 10. The van der Waals surface area contributed by atoms with E-state index in [2.05, 4.69) is 4.99 Å². The van der Waals surface area contributed by atoms with Crippen molar-refractivity contribution < 1.29 is 23.8 Å². The molecule has 1 fully saturated rings. The molecule has 8 heteroatoms. The Balaban J connectivity index is 1.35. The summed E-state index contributed by atoms with van der Waals surface area (Å²) in [6.07, 6.45) is 1.80. The first-order valence-electron chi connectivity index (χ1n) is 16.0. The van der Waals surface area contributed by atoms with Crippen LogP contribution in [0.2, 0.25) is 0 Å². The average molecular weight is 652 g/mol. The summed E-state index contributed by atoms with van der Waals surface area (Å²) in [6, 6.07) is 43.4. The molecule has 49 heavy (non-hydrogen) atoms. The lowest BCUT2D eigenvalue weighted by Crippen LogP contribution is -2.37. The fraction of sp³-hybridized carbons (Fsp3) is 0.146. The largest absolute Gasteiger partial charge is 0.497 e. The number of likely N-dealkylation sites (N-methyl/N-ethyl adjacent to an activating group) is 1. The summed E-state index contributed by atoms with van der Waals surface area (Å²) in [5.74, 6) is 1.18. The first kappa shape index (κ1) is 32.8. The fourth-order valence-corrected chi connectivity index (χ4v) is 5.55. The Morgan fingerprint density at radius 1 is 0.694 bits per heavy atom. The molecule has 2 amide bonds. The van der Waals surface area contributed by atoms with Crippen LogP contribution in [0.4, 0.5) is 4.79 Å². The summed E-state index contributed by atoms with van der Waals surface area (Å²) in [4.78, 5) is 35.3. The van der Waals surface area contributed by atoms with Crippen LogP contribution in [-0.2, 0) is 24.4 Å². The van der Waals surface area contributed by atoms with Crippen molar-refractivity contribution >= 4 is 24.0 Å². The van der Waals surface area contributed by atoms with Gasteiger partial charge in [-0.15, -0.1) is 0 Å². The maximum Gasteiger partial charge on any atom is 0.421 e. The van der Waals surface area contributed by atoms with Crippen LogP contribution < -0.4 is 9.47 Å².